The van der Waals surface area contributed by atoms with Gasteiger partial charge in [0, 0.05) is 35.2 Å². The molecule has 0 aliphatic heterocycles. The van der Waals surface area contributed by atoms with Crippen LogP contribution in [-0.4, -0.2) is 13.3 Å². The molecule has 0 spiro atoms. The van der Waals surface area contributed by atoms with Crippen molar-refractivity contribution < 1.29 is 12.8 Å². The van der Waals surface area contributed by atoms with Crippen molar-refractivity contribution in [2.45, 2.75) is 64.3 Å². The van der Waals surface area contributed by atoms with Crippen LogP contribution >= 0.6 is 11.8 Å². The number of aromatic nitrogens is 1. The zero-order chi connectivity index (χ0) is 27.2. The van der Waals surface area contributed by atoms with Crippen molar-refractivity contribution in [2.75, 3.05) is 0 Å². The predicted octanol–water partition coefficient (Wildman–Crippen LogP) is 6.82. The van der Waals surface area contributed by atoms with Gasteiger partial charge in [-0.25, -0.2) is 4.57 Å². The lowest BCUT2D eigenvalue weighted by molar-refractivity contribution is -0.659. The van der Waals surface area contributed by atoms with E-state index in [0.717, 1.165) is 32.5 Å². The summed E-state index contributed by atoms with van der Waals surface area (Å²) in [5.41, 5.74) is 4.52. The van der Waals surface area contributed by atoms with Crippen LogP contribution in [-0.2, 0) is 7.05 Å². The Morgan fingerprint density at radius 1 is 0.900 bits per heavy atom. The molecule has 0 amide bonds. The summed E-state index contributed by atoms with van der Waals surface area (Å²) in [5.74, 6) is 0. The van der Waals surface area contributed by atoms with Crippen molar-refractivity contribution in [1.82, 2.24) is 0 Å². The molecule has 3 heteroatoms. The summed E-state index contributed by atoms with van der Waals surface area (Å²) in [6.07, 6.45) is 1.96. The van der Waals surface area contributed by atoms with E-state index in [-0.39, 0.29) is 0 Å². The molecule has 3 rings (SSSR count). The minimum atomic E-state index is -2.28. The quantitative estimate of drug-likeness (QED) is 0.239. The smallest absolute Gasteiger partial charge is 0.201 e. The number of nitrogens with zero attached hydrogens (tertiary/aromatic N) is 1. The molecular weight excluding hydrogens is 398 g/mol. The molecule has 0 saturated heterocycles. The Balaban J connectivity index is 2.29. The molecule has 1 nitrogen and oxygen atoms in total. The van der Waals surface area contributed by atoms with E-state index >= 15 is 0 Å². The van der Waals surface area contributed by atoms with Crippen LogP contribution in [0, 0.1) is 20.6 Å². The topological polar surface area (TPSA) is 3.88 Å². The van der Waals surface area contributed by atoms with Crippen LogP contribution in [0.4, 0.5) is 0 Å². The number of benzene rings is 2. The summed E-state index contributed by atoms with van der Waals surface area (Å²) in [7, 11) is -0.000830. The normalized spacial score (nSPS) is 15.7. The number of hydrogen-bond acceptors (Lipinski definition) is 1. The highest BCUT2D eigenvalue weighted by atomic mass is 32.2. The fraction of sp³-hybridized carbons (Fsp3) is 0.370. The maximum absolute atomic E-state index is 8.21. The second-order valence-corrected chi connectivity index (χ2v) is 15.9. The second kappa shape index (κ2) is 8.72. The summed E-state index contributed by atoms with van der Waals surface area (Å²) >= 11 is 1.76. The fourth-order valence-corrected chi connectivity index (χ4v) is 6.02. The predicted molar refractivity (Wildman–Crippen MR) is 137 cm³/mol. The van der Waals surface area contributed by atoms with E-state index in [0.29, 0.717) is 21.9 Å². The molecule has 1 aromatic heterocycles. The maximum Gasteiger partial charge on any atom is 0.212 e. The van der Waals surface area contributed by atoms with Gasteiger partial charge in [0.1, 0.15) is 7.05 Å². The van der Waals surface area contributed by atoms with Crippen LogP contribution in [0.1, 0.15) is 38.8 Å². The Morgan fingerprint density at radius 3 is 2.13 bits per heavy atom. The highest BCUT2D eigenvalue weighted by Gasteiger charge is 2.25. The zero-order valence-corrected chi connectivity index (χ0v) is 20.9. The van der Waals surface area contributed by atoms with Gasteiger partial charge >= 0.3 is 0 Å². The maximum atomic E-state index is 8.21. The largest absolute Gasteiger partial charge is 0.212 e. The first-order chi connectivity index (χ1) is 16.4. The molecule has 30 heavy (non-hydrogen) atoms. The number of pyridine rings is 1. The molecule has 0 aliphatic carbocycles. The van der Waals surface area contributed by atoms with E-state index < -0.39 is 21.8 Å². The van der Waals surface area contributed by atoms with Gasteiger partial charge in [0.25, 0.3) is 0 Å². The lowest BCUT2D eigenvalue weighted by Crippen LogP contribution is -2.46. The molecule has 0 fully saturated rings. The molecule has 0 radical (unpaired) electrons. The molecule has 158 valence electrons. The third-order valence-electron chi connectivity index (χ3n) is 5.26. The highest BCUT2D eigenvalue weighted by molar-refractivity contribution is 7.99. The summed E-state index contributed by atoms with van der Waals surface area (Å²) in [5, 5.41) is 1.36. The second-order valence-electron chi connectivity index (χ2n) is 9.25. The Morgan fingerprint density at radius 2 is 1.57 bits per heavy atom. The fourth-order valence-electron chi connectivity index (χ4n) is 3.72. The first-order valence-electron chi connectivity index (χ1n) is 13.4. The van der Waals surface area contributed by atoms with Crippen LogP contribution in [0.2, 0.25) is 19.6 Å². The molecular formula is C27H36NSSi+. The molecule has 2 aromatic carbocycles. The SMILES string of the molecule is [2H]C([2H])([2H])c1cc(C)c(-c2cc(C([2H])([2H])[2H])c([Si](C)(C)C)c[n+]2C)cc1-c1ccc(SC(C)C)cc1. The number of aryl methyl sites for hydroxylation is 4. The first-order valence-corrected chi connectivity index (χ1v) is 14.7. The molecule has 3 aromatic rings. The van der Waals surface area contributed by atoms with Crippen molar-refractivity contribution in [3.8, 4) is 22.4 Å². The molecule has 0 unspecified atom stereocenters. The van der Waals surface area contributed by atoms with E-state index in [4.69, 9.17) is 8.22 Å². The highest BCUT2D eigenvalue weighted by Crippen LogP contribution is 2.33. The van der Waals surface area contributed by atoms with Crippen molar-refractivity contribution in [2.24, 2.45) is 7.05 Å². The number of thioether (sulfide) groups is 1. The van der Waals surface area contributed by atoms with Crippen LogP contribution < -0.4 is 9.75 Å². The van der Waals surface area contributed by atoms with Gasteiger partial charge in [-0.15, -0.1) is 11.8 Å². The van der Waals surface area contributed by atoms with Gasteiger partial charge in [-0.1, -0.05) is 51.7 Å². The van der Waals surface area contributed by atoms with E-state index in [1.54, 1.807) is 23.9 Å². The van der Waals surface area contributed by atoms with Gasteiger partial charge in [0.15, 0.2) is 6.20 Å². The van der Waals surface area contributed by atoms with Gasteiger partial charge in [-0.05, 0) is 66.6 Å². The van der Waals surface area contributed by atoms with Crippen LogP contribution in [0.3, 0.4) is 0 Å². The molecule has 0 N–H and O–H groups in total. The summed E-state index contributed by atoms with van der Waals surface area (Å²) in [4.78, 5) is 1.13. The molecule has 1 heterocycles. The molecule has 0 aliphatic rings. The Kier molecular flexibility index (Phi) is 4.62. The van der Waals surface area contributed by atoms with Crippen LogP contribution in [0.15, 0.2) is 53.6 Å². The third kappa shape index (κ3) is 4.89. The summed E-state index contributed by atoms with van der Waals surface area (Å²) < 4.78 is 51.1. The zero-order valence-electron chi connectivity index (χ0n) is 25.1. The molecule has 0 bridgehead atoms. The summed E-state index contributed by atoms with van der Waals surface area (Å²) in [6.45, 7) is 8.08. The Labute approximate surface area is 197 Å². The van der Waals surface area contributed by atoms with Gasteiger partial charge in [0.05, 0.1) is 8.07 Å². The van der Waals surface area contributed by atoms with Crippen molar-refractivity contribution >= 4 is 25.0 Å². The monoisotopic (exact) mass is 440 g/mol. The third-order valence-corrected chi connectivity index (χ3v) is 8.29. The standard InChI is InChI=1S/C27H36NSSi/c1-18(2)29-23-12-10-22(11-13-23)24-16-25(20(4)14-19(24)3)26-15-21(5)27(17-28(26)6)30(7,8)9/h10-18H,1-9H3/q+1/i3D3,5D3. The number of rotatable bonds is 5. The van der Waals surface area contributed by atoms with Crippen LogP contribution in [0.25, 0.3) is 22.4 Å². The van der Waals surface area contributed by atoms with Gasteiger partial charge in [-0.2, -0.15) is 0 Å². The van der Waals surface area contributed by atoms with Crippen molar-refractivity contribution in [1.29, 1.82) is 0 Å². The average molecular weight is 441 g/mol. The average Bonchev–Trinajstić information content (AvgIpc) is 2.71. The number of hydrogen-bond donors (Lipinski definition) is 0. The minimum absolute atomic E-state index is 0.297. The van der Waals surface area contributed by atoms with E-state index in [2.05, 4.69) is 33.5 Å². The van der Waals surface area contributed by atoms with E-state index in [1.165, 1.54) is 0 Å². The van der Waals surface area contributed by atoms with Gasteiger partial charge < -0.3 is 0 Å². The minimum Gasteiger partial charge on any atom is -0.201 e. The van der Waals surface area contributed by atoms with E-state index in [9.17, 15) is 0 Å². The van der Waals surface area contributed by atoms with Crippen molar-refractivity contribution in [3.63, 3.8) is 0 Å². The first kappa shape index (κ1) is 15.9. The molecule has 0 saturated carbocycles. The Hall–Kier alpha value is -1.84. The summed E-state index contributed by atoms with van der Waals surface area (Å²) in [6, 6.07) is 13.4. The van der Waals surface area contributed by atoms with Gasteiger partial charge in [-0.3, -0.25) is 0 Å². The molecule has 0 atom stereocenters. The van der Waals surface area contributed by atoms with Crippen molar-refractivity contribution in [3.05, 3.63) is 65.4 Å². The van der Waals surface area contributed by atoms with E-state index in [1.807, 2.05) is 55.1 Å². The Bertz CT molecular complexity index is 1260. The van der Waals surface area contributed by atoms with Crippen LogP contribution in [0.5, 0.6) is 0 Å². The lowest BCUT2D eigenvalue weighted by Gasteiger charge is -2.19. The lowest BCUT2D eigenvalue weighted by atomic mass is 9.93. The van der Waals surface area contributed by atoms with Gasteiger partial charge in [0.2, 0.25) is 5.69 Å².